The van der Waals surface area contributed by atoms with E-state index in [4.69, 9.17) is 0 Å². The molecule has 2 N–H and O–H groups in total. The Morgan fingerprint density at radius 1 is 1.40 bits per heavy atom. The van der Waals surface area contributed by atoms with Gasteiger partial charge in [0.1, 0.15) is 0 Å². The van der Waals surface area contributed by atoms with E-state index in [0.29, 0.717) is 11.9 Å². The Morgan fingerprint density at radius 3 is 2.70 bits per heavy atom. The van der Waals surface area contributed by atoms with Crippen LogP contribution in [0.15, 0.2) is 24.4 Å². The zero-order valence-electron chi connectivity index (χ0n) is 11.7. The van der Waals surface area contributed by atoms with Crippen molar-refractivity contribution in [3.8, 4) is 0 Å². The molecule has 6 heteroatoms. The fourth-order valence-electron chi connectivity index (χ4n) is 1.95. The number of nitrogens with one attached hydrogen (secondary N) is 1. The van der Waals surface area contributed by atoms with Gasteiger partial charge in [-0.2, -0.15) is 0 Å². The molecule has 1 aromatic carbocycles. The fourth-order valence-corrected chi connectivity index (χ4v) is 1.95. The number of rotatable bonds is 4. The maximum absolute atomic E-state index is 11.0. The predicted molar refractivity (Wildman–Crippen MR) is 77.9 cm³/mol. The van der Waals surface area contributed by atoms with Crippen LogP contribution >= 0.6 is 0 Å². The van der Waals surface area contributed by atoms with Gasteiger partial charge in [-0.15, -0.1) is 0 Å². The lowest BCUT2D eigenvalue weighted by atomic mass is 10.1. The summed E-state index contributed by atoms with van der Waals surface area (Å²) >= 11 is 0. The number of hydrogen-bond acceptors (Lipinski definition) is 5. The van der Waals surface area contributed by atoms with Crippen LogP contribution < -0.4 is 5.32 Å². The van der Waals surface area contributed by atoms with E-state index < -0.39 is 10.5 Å². The van der Waals surface area contributed by atoms with Gasteiger partial charge in [0.25, 0.3) is 5.69 Å². The normalized spacial score (nSPS) is 11.6. The highest BCUT2D eigenvalue weighted by Crippen LogP contribution is 2.31. The van der Waals surface area contributed by atoms with Gasteiger partial charge >= 0.3 is 0 Å². The lowest BCUT2D eigenvalue weighted by molar-refractivity contribution is -0.383. The molecule has 0 unspecified atom stereocenters. The summed E-state index contributed by atoms with van der Waals surface area (Å²) in [6.07, 6.45) is 1.51. The highest BCUT2D eigenvalue weighted by atomic mass is 16.6. The topological polar surface area (TPSA) is 88.3 Å². The Kier molecular flexibility index (Phi) is 3.59. The van der Waals surface area contributed by atoms with Gasteiger partial charge in [0, 0.05) is 35.6 Å². The molecule has 2 rings (SSSR count). The molecule has 0 aliphatic heterocycles. The summed E-state index contributed by atoms with van der Waals surface area (Å²) in [5.41, 5.74) is 0.694. The van der Waals surface area contributed by atoms with E-state index in [1.165, 1.54) is 12.3 Å². The number of non-ortho nitro benzene ring substituents is 1. The number of benzene rings is 1. The quantitative estimate of drug-likeness (QED) is 0.661. The van der Waals surface area contributed by atoms with Crippen LogP contribution in [-0.4, -0.2) is 27.2 Å². The Balaban J connectivity index is 2.53. The van der Waals surface area contributed by atoms with E-state index >= 15 is 0 Å². The van der Waals surface area contributed by atoms with Gasteiger partial charge in [0.15, 0.2) is 0 Å². The number of anilines is 1. The summed E-state index contributed by atoms with van der Waals surface area (Å²) in [4.78, 5) is 14.7. The Labute approximate surface area is 116 Å². The molecule has 0 bridgehead atoms. The molecule has 0 aliphatic carbocycles. The number of nitro groups is 1. The van der Waals surface area contributed by atoms with Crippen molar-refractivity contribution in [1.29, 1.82) is 0 Å². The van der Waals surface area contributed by atoms with Gasteiger partial charge in [-0.1, -0.05) is 0 Å². The van der Waals surface area contributed by atoms with Crippen molar-refractivity contribution in [2.45, 2.75) is 26.4 Å². The van der Waals surface area contributed by atoms with Crippen molar-refractivity contribution in [3.63, 3.8) is 0 Å². The molecule has 0 fully saturated rings. The van der Waals surface area contributed by atoms with Gasteiger partial charge in [0.2, 0.25) is 0 Å². The first-order chi connectivity index (χ1) is 9.28. The smallest absolute Gasteiger partial charge is 0.278 e. The first-order valence-corrected chi connectivity index (χ1v) is 6.28. The summed E-state index contributed by atoms with van der Waals surface area (Å²) in [7, 11) is 0. The summed E-state index contributed by atoms with van der Waals surface area (Å²) in [5.74, 6) is 0. The van der Waals surface area contributed by atoms with E-state index in [9.17, 15) is 15.2 Å². The highest BCUT2D eigenvalue weighted by Gasteiger charge is 2.17. The van der Waals surface area contributed by atoms with Crippen LogP contribution in [0.1, 0.15) is 19.5 Å². The van der Waals surface area contributed by atoms with Crippen LogP contribution in [0.4, 0.5) is 11.4 Å². The summed E-state index contributed by atoms with van der Waals surface area (Å²) in [6, 6.07) is 4.91. The number of nitro benzene ring substituents is 1. The number of pyridine rings is 1. The third-order valence-electron chi connectivity index (χ3n) is 2.92. The second-order valence-corrected chi connectivity index (χ2v) is 5.43. The molecule has 0 spiro atoms. The molecule has 0 aliphatic rings. The molecule has 0 amide bonds. The van der Waals surface area contributed by atoms with Crippen LogP contribution in [0, 0.1) is 17.0 Å². The third-order valence-corrected chi connectivity index (χ3v) is 2.92. The lowest BCUT2D eigenvalue weighted by Crippen LogP contribution is -2.29. The predicted octanol–water partition coefficient (Wildman–Crippen LogP) is 2.63. The Bertz CT molecular complexity index is 662. The standard InChI is InChI=1S/C14H17N3O3/c1-9-6-10-11(7-15-9)13(17(19)20)5-4-12(10)16-8-14(2,3)18/h4-7,16,18H,8H2,1-3H3. The Hall–Kier alpha value is -2.21. The molecule has 6 nitrogen and oxygen atoms in total. The Morgan fingerprint density at radius 2 is 2.10 bits per heavy atom. The molecular weight excluding hydrogens is 258 g/mol. The molecule has 0 radical (unpaired) electrons. The van der Waals surface area contributed by atoms with Gasteiger partial charge in [0.05, 0.1) is 15.9 Å². The minimum absolute atomic E-state index is 0.0290. The van der Waals surface area contributed by atoms with E-state index in [-0.39, 0.29) is 5.69 Å². The number of aromatic nitrogens is 1. The number of hydrogen-bond donors (Lipinski definition) is 2. The van der Waals surface area contributed by atoms with Gasteiger partial charge in [-0.05, 0) is 32.9 Å². The summed E-state index contributed by atoms with van der Waals surface area (Å²) in [5, 5.41) is 25.2. The molecule has 1 heterocycles. The van der Waals surface area contributed by atoms with Crippen molar-refractivity contribution in [3.05, 3.63) is 40.2 Å². The maximum atomic E-state index is 11.0. The van der Waals surface area contributed by atoms with Crippen molar-refractivity contribution < 1.29 is 10.0 Å². The molecule has 1 aromatic heterocycles. The molecule has 106 valence electrons. The molecule has 0 saturated heterocycles. The first kappa shape index (κ1) is 14.2. The van der Waals surface area contributed by atoms with Gasteiger partial charge in [-0.25, -0.2) is 0 Å². The third kappa shape index (κ3) is 3.03. The maximum Gasteiger partial charge on any atom is 0.278 e. The van der Waals surface area contributed by atoms with Crippen LogP contribution in [0.25, 0.3) is 10.8 Å². The highest BCUT2D eigenvalue weighted by molar-refractivity contribution is 5.99. The second-order valence-electron chi connectivity index (χ2n) is 5.43. The van der Waals surface area contributed by atoms with E-state index in [2.05, 4.69) is 10.3 Å². The molecule has 0 atom stereocenters. The van der Waals surface area contributed by atoms with Gasteiger partial charge in [-0.3, -0.25) is 15.1 Å². The lowest BCUT2D eigenvalue weighted by Gasteiger charge is -2.19. The monoisotopic (exact) mass is 275 g/mol. The van der Waals surface area contributed by atoms with Crippen LogP contribution in [0.2, 0.25) is 0 Å². The van der Waals surface area contributed by atoms with Crippen molar-refractivity contribution in [2.75, 3.05) is 11.9 Å². The van der Waals surface area contributed by atoms with Gasteiger partial charge < -0.3 is 10.4 Å². The van der Waals surface area contributed by atoms with Crippen molar-refractivity contribution >= 4 is 22.1 Å². The zero-order valence-corrected chi connectivity index (χ0v) is 11.7. The minimum Gasteiger partial charge on any atom is -0.389 e. The average molecular weight is 275 g/mol. The number of nitrogens with zero attached hydrogens (tertiary/aromatic N) is 2. The van der Waals surface area contributed by atoms with Crippen LogP contribution in [0.5, 0.6) is 0 Å². The number of fused-ring (bicyclic) bond motifs is 1. The molecular formula is C14H17N3O3. The second kappa shape index (κ2) is 5.05. The van der Waals surface area contributed by atoms with Crippen molar-refractivity contribution in [2.24, 2.45) is 0 Å². The minimum atomic E-state index is -0.865. The van der Waals surface area contributed by atoms with Crippen LogP contribution in [0.3, 0.4) is 0 Å². The van der Waals surface area contributed by atoms with E-state index in [0.717, 1.165) is 16.8 Å². The zero-order chi connectivity index (χ0) is 14.9. The number of aliphatic hydroxyl groups is 1. The van der Waals surface area contributed by atoms with E-state index in [1.54, 1.807) is 26.0 Å². The average Bonchev–Trinajstić information content (AvgIpc) is 2.34. The largest absolute Gasteiger partial charge is 0.389 e. The fraction of sp³-hybridized carbons (Fsp3) is 0.357. The van der Waals surface area contributed by atoms with E-state index in [1.807, 2.05) is 6.92 Å². The summed E-state index contributed by atoms with van der Waals surface area (Å²) in [6.45, 7) is 5.57. The summed E-state index contributed by atoms with van der Waals surface area (Å²) < 4.78 is 0. The van der Waals surface area contributed by atoms with Crippen LogP contribution in [-0.2, 0) is 0 Å². The molecule has 0 saturated carbocycles. The molecule has 2 aromatic rings. The first-order valence-electron chi connectivity index (χ1n) is 6.28. The number of aryl methyl sites for hydroxylation is 1. The SMILES string of the molecule is Cc1cc2c(NCC(C)(C)O)ccc([N+](=O)[O-])c2cn1. The van der Waals surface area contributed by atoms with Crippen molar-refractivity contribution in [1.82, 2.24) is 4.98 Å². The molecule has 20 heavy (non-hydrogen) atoms.